The molecule has 2 aliphatic heterocycles. The molecule has 2 heterocycles. The Morgan fingerprint density at radius 3 is 2.47 bits per heavy atom. The molecule has 0 fully saturated rings. The van der Waals surface area contributed by atoms with Crippen molar-refractivity contribution in [2.45, 2.75) is 30.9 Å². The van der Waals surface area contributed by atoms with Gasteiger partial charge in [0.2, 0.25) is 6.79 Å². The molecule has 2 aliphatic rings. The molecule has 0 radical (unpaired) electrons. The Morgan fingerprint density at radius 1 is 1.07 bits per heavy atom. The van der Waals surface area contributed by atoms with Crippen molar-refractivity contribution in [3.8, 4) is 23.0 Å². The smallest absolute Gasteiger partial charge is 0.321 e. The number of benzene rings is 3. The minimum atomic E-state index is -3.98. The van der Waals surface area contributed by atoms with Crippen LogP contribution in [0.4, 0.5) is 16.2 Å². The van der Waals surface area contributed by atoms with Crippen molar-refractivity contribution < 1.29 is 42.1 Å². The predicted molar refractivity (Wildman–Crippen MR) is 166 cm³/mol. The van der Waals surface area contributed by atoms with E-state index in [0.29, 0.717) is 22.9 Å². The number of ether oxygens (including phenoxy) is 4. The fourth-order valence-electron chi connectivity index (χ4n) is 5.02. The summed E-state index contributed by atoms with van der Waals surface area (Å²) in [6.07, 6.45) is -0.556. The van der Waals surface area contributed by atoms with Gasteiger partial charge in [0.05, 0.1) is 36.8 Å². The number of aliphatic hydroxyl groups excluding tert-OH is 1. The van der Waals surface area contributed by atoms with Gasteiger partial charge < -0.3 is 39.2 Å². The van der Waals surface area contributed by atoms with E-state index in [1.807, 2.05) is 6.92 Å². The number of carbonyl (C=O) groups excluding carboxylic acids is 2. The van der Waals surface area contributed by atoms with Crippen molar-refractivity contribution in [3.63, 3.8) is 0 Å². The van der Waals surface area contributed by atoms with Gasteiger partial charge in [-0.2, -0.15) is 0 Å². The van der Waals surface area contributed by atoms with Crippen molar-refractivity contribution in [2.75, 3.05) is 50.7 Å². The standard InChI is InChI=1S/C31H36N4O9S/c1-19-15-35(20(2)17-36)30(37)25-13-22(33-45(39,40)24-9-7-23(41-4)8-10-24)6-11-26(25)44-29(19)16-34(3)31(38)32-21-5-12-27-28(14-21)43-18-42-27/h5-14,19-20,29,33,36H,15-18H2,1-4H3,(H,32,38)/t19-,20+,29+/m1/s1. The van der Waals surface area contributed by atoms with Crippen LogP contribution >= 0.6 is 0 Å². The molecular weight excluding hydrogens is 604 g/mol. The van der Waals surface area contributed by atoms with Crippen LogP contribution in [0.15, 0.2) is 65.6 Å². The number of nitrogens with one attached hydrogen (secondary N) is 2. The molecule has 3 atom stereocenters. The molecule has 0 bridgehead atoms. The van der Waals surface area contributed by atoms with E-state index >= 15 is 0 Å². The van der Waals surface area contributed by atoms with Crippen molar-refractivity contribution in [2.24, 2.45) is 5.92 Å². The zero-order chi connectivity index (χ0) is 32.3. The number of carbonyl (C=O) groups is 2. The molecule has 0 aliphatic carbocycles. The second kappa shape index (κ2) is 13.1. The molecule has 0 aromatic heterocycles. The number of nitrogens with zero attached hydrogens (tertiary/aromatic N) is 2. The van der Waals surface area contributed by atoms with E-state index in [4.69, 9.17) is 18.9 Å². The third-order valence-electron chi connectivity index (χ3n) is 7.71. The highest BCUT2D eigenvalue weighted by Crippen LogP contribution is 2.35. The van der Waals surface area contributed by atoms with Crippen LogP contribution in [0.2, 0.25) is 0 Å². The number of urea groups is 1. The largest absolute Gasteiger partial charge is 0.497 e. The lowest BCUT2D eigenvalue weighted by Crippen LogP contribution is -2.50. The maximum absolute atomic E-state index is 13.8. The maximum Gasteiger partial charge on any atom is 0.321 e. The van der Waals surface area contributed by atoms with E-state index in [9.17, 15) is 23.1 Å². The third kappa shape index (κ3) is 7.02. The summed E-state index contributed by atoms with van der Waals surface area (Å²) in [6.45, 7) is 3.86. The summed E-state index contributed by atoms with van der Waals surface area (Å²) in [7, 11) is -0.866. The van der Waals surface area contributed by atoms with E-state index in [-0.39, 0.29) is 60.3 Å². The molecule has 240 valence electrons. The number of rotatable bonds is 9. The van der Waals surface area contributed by atoms with Gasteiger partial charge in [-0.25, -0.2) is 13.2 Å². The number of methoxy groups -OCH3 is 1. The van der Waals surface area contributed by atoms with Crippen molar-refractivity contribution in [1.82, 2.24) is 9.80 Å². The Kier molecular flexibility index (Phi) is 9.25. The predicted octanol–water partition coefficient (Wildman–Crippen LogP) is 3.61. The summed E-state index contributed by atoms with van der Waals surface area (Å²) in [4.78, 5) is 29.9. The van der Waals surface area contributed by atoms with E-state index in [1.54, 1.807) is 32.2 Å². The van der Waals surface area contributed by atoms with Gasteiger partial charge in [0.1, 0.15) is 17.6 Å². The van der Waals surface area contributed by atoms with E-state index in [1.165, 1.54) is 59.4 Å². The zero-order valence-electron chi connectivity index (χ0n) is 25.3. The molecule has 0 saturated heterocycles. The van der Waals surface area contributed by atoms with Gasteiger partial charge in [-0.05, 0) is 61.5 Å². The highest BCUT2D eigenvalue weighted by Gasteiger charge is 2.34. The molecule has 0 unspecified atom stereocenters. The quantitative estimate of drug-likeness (QED) is 0.318. The number of anilines is 2. The van der Waals surface area contributed by atoms with Gasteiger partial charge in [-0.15, -0.1) is 0 Å². The first-order valence-electron chi connectivity index (χ1n) is 14.3. The van der Waals surface area contributed by atoms with E-state index in [2.05, 4.69) is 10.0 Å². The SMILES string of the molecule is COc1ccc(S(=O)(=O)Nc2ccc3c(c2)C(=O)N([C@@H](C)CO)C[C@@H](C)[C@H](CN(C)C(=O)Nc2ccc4c(c2)OCO4)O3)cc1. The monoisotopic (exact) mass is 640 g/mol. The molecular formula is C31H36N4O9S. The number of sulfonamides is 1. The van der Waals surface area contributed by atoms with Crippen molar-refractivity contribution in [3.05, 3.63) is 66.2 Å². The average Bonchev–Trinajstić information content (AvgIpc) is 3.50. The summed E-state index contributed by atoms with van der Waals surface area (Å²) in [5.74, 6) is 1.21. The highest BCUT2D eigenvalue weighted by molar-refractivity contribution is 7.92. The molecule has 3 aromatic rings. The van der Waals surface area contributed by atoms with Crippen LogP contribution in [0.3, 0.4) is 0 Å². The van der Waals surface area contributed by atoms with Crippen molar-refractivity contribution >= 4 is 33.3 Å². The van der Waals surface area contributed by atoms with Gasteiger partial charge in [0.25, 0.3) is 15.9 Å². The lowest BCUT2D eigenvalue weighted by molar-refractivity contribution is 0.0371. The van der Waals surface area contributed by atoms with Crippen LogP contribution in [0, 0.1) is 5.92 Å². The summed E-state index contributed by atoms with van der Waals surface area (Å²) >= 11 is 0. The van der Waals surface area contributed by atoms with Gasteiger partial charge >= 0.3 is 6.03 Å². The summed E-state index contributed by atoms with van der Waals surface area (Å²) in [6, 6.07) is 14.5. The fraction of sp³-hybridized carbons (Fsp3) is 0.355. The molecule has 13 nitrogen and oxygen atoms in total. The number of aliphatic hydroxyl groups is 1. The van der Waals surface area contributed by atoms with Crippen LogP contribution in [-0.2, 0) is 10.0 Å². The normalized spacial score (nSPS) is 18.2. The van der Waals surface area contributed by atoms with Crippen LogP contribution in [0.5, 0.6) is 23.0 Å². The number of likely N-dealkylation sites (N-methyl/N-ethyl adjacent to an activating group) is 1. The summed E-state index contributed by atoms with van der Waals surface area (Å²) in [5.41, 5.74) is 0.810. The lowest BCUT2D eigenvalue weighted by Gasteiger charge is -2.38. The Balaban J connectivity index is 1.38. The lowest BCUT2D eigenvalue weighted by atomic mass is 9.99. The first kappa shape index (κ1) is 31.7. The minimum absolute atomic E-state index is 0.0177. The molecule has 3 N–H and O–H groups in total. The number of hydrogen-bond donors (Lipinski definition) is 3. The fourth-order valence-corrected chi connectivity index (χ4v) is 6.07. The number of amides is 3. The molecule has 0 saturated carbocycles. The first-order chi connectivity index (χ1) is 21.5. The van der Waals surface area contributed by atoms with Gasteiger partial charge in [0.15, 0.2) is 11.5 Å². The van der Waals surface area contributed by atoms with Crippen molar-refractivity contribution in [1.29, 1.82) is 0 Å². The second-order valence-electron chi connectivity index (χ2n) is 11.0. The number of hydrogen-bond acceptors (Lipinski definition) is 9. The second-order valence-corrected chi connectivity index (χ2v) is 12.7. The topological polar surface area (TPSA) is 156 Å². The molecule has 3 amide bonds. The molecule has 0 spiro atoms. The number of fused-ring (bicyclic) bond motifs is 2. The van der Waals surface area contributed by atoms with E-state index in [0.717, 1.165) is 0 Å². The third-order valence-corrected chi connectivity index (χ3v) is 9.11. The Hall–Kier alpha value is -4.69. The first-order valence-corrected chi connectivity index (χ1v) is 15.8. The molecule has 45 heavy (non-hydrogen) atoms. The highest BCUT2D eigenvalue weighted by atomic mass is 32.2. The Bertz CT molecular complexity index is 1670. The average molecular weight is 641 g/mol. The van der Waals surface area contributed by atoms with Gasteiger partial charge in [0, 0.05) is 37.0 Å². The van der Waals surface area contributed by atoms with Gasteiger partial charge in [-0.3, -0.25) is 9.52 Å². The molecule has 14 heteroatoms. The Labute approximate surface area is 261 Å². The zero-order valence-corrected chi connectivity index (χ0v) is 26.2. The van der Waals surface area contributed by atoms with Crippen LogP contribution in [-0.4, -0.2) is 88.1 Å². The van der Waals surface area contributed by atoms with Crippen LogP contribution in [0.25, 0.3) is 0 Å². The maximum atomic E-state index is 13.8. The van der Waals surface area contributed by atoms with Crippen LogP contribution < -0.4 is 29.0 Å². The Morgan fingerprint density at radius 2 is 1.76 bits per heavy atom. The molecule has 3 aromatic carbocycles. The van der Waals surface area contributed by atoms with Gasteiger partial charge in [-0.1, -0.05) is 6.92 Å². The van der Waals surface area contributed by atoms with Crippen LogP contribution in [0.1, 0.15) is 24.2 Å². The summed E-state index contributed by atoms with van der Waals surface area (Å²) < 4.78 is 50.9. The molecule has 5 rings (SSSR count). The van der Waals surface area contributed by atoms with E-state index < -0.39 is 28.1 Å². The summed E-state index contributed by atoms with van der Waals surface area (Å²) in [5, 5.41) is 12.8. The minimum Gasteiger partial charge on any atom is -0.497 e.